The number of hydrogen-bond acceptors (Lipinski definition) is 1. The van der Waals surface area contributed by atoms with Gasteiger partial charge in [-0.1, -0.05) is 20.8 Å². The van der Waals surface area contributed by atoms with Crippen molar-refractivity contribution >= 4 is 6.03 Å². The molecule has 0 aromatic carbocycles. The van der Waals surface area contributed by atoms with E-state index >= 15 is 0 Å². The standard InChI is InChI=1S/C10H17F3N2O/c1-6(2)8-7(3)4-15(9(16)14-8)5-10(11,12)13/h6-8H,4-5H2,1-3H3,(H,14,16). The molecular weight excluding hydrogens is 221 g/mol. The second-order valence-corrected chi connectivity index (χ2v) is 4.69. The maximum Gasteiger partial charge on any atom is 0.406 e. The summed E-state index contributed by atoms with van der Waals surface area (Å²) >= 11 is 0. The van der Waals surface area contributed by atoms with Crippen molar-refractivity contribution in [2.24, 2.45) is 11.8 Å². The molecule has 0 spiro atoms. The highest BCUT2D eigenvalue weighted by Crippen LogP contribution is 2.23. The Balaban J connectivity index is 2.64. The molecule has 1 aliphatic rings. The highest BCUT2D eigenvalue weighted by Gasteiger charge is 2.38. The number of carbonyl (C=O) groups excluding carboxylic acids is 1. The third kappa shape index (κ3) is 3.28. The highest BCUT2D eigenvalue weighted by atomic mass is 19.4. The van der Waals surface area contributed by atoms with Crippen LogP contribution in [0, 0.1) is 11.8 Å². The van der Waals surface area contributed by atoms with Crippen molar-refractivity contribution in [3.05, 3.63) is 0 Å². The molecule has 16 heavy (non-hydrogen) atoms. The summed E-state index contributed by atoms with van der Waals surface area (Å²) < 4.78 is 36.5. The van der Waals surface area contributed by atoms with Crippen molar-refractivity contribution in [1.29, 1.82) is 0 Å². The first-order chi connectivity index (χ1) is 7.20. The molecule has 0 radical (unpaired) electrons. The third-order valence-electron chi connectivity index (χ3n) is 2.79. The van der Waals surface area contributed by atoms with Crippen LogP contribution in [-0.2, 0) is 0 Å². The number of amides is 2. The van der Waals surface area contributed by atoms with E-state index in [9.17, 15) is 18.0 Å². The van der Waals surface area contributed by atoms with Gasteiger partial charge in [-0.3, -0.25) is 0 Å². The van der Waals surface area contributed by atoms with Gasteiger partial charge >= 0.3 is 12.2 Å². The lowest BCUT2D eigenvalue weighted by Gasteiger charge is -2.39. The summed E-state index contributed by atoms with van der Waals surface area (Å²) in [6.07, 6.45) is -4.33. The molecule has 1 N–H and O–H groups in total. The minimum absolute atomic E-state index is 0.0278. The molecule has 0 saturated carbocycles. The maximum absolute atomic E-state index is 12.2. The maximum atomic E-state index is 12.2. The van der Waals surface area contributed by atoms with Crippen LogP contribution in [0.15, 0.2) is 0 Å². The number of hydrogen-bond donors (Lipinski definition) is 1. The van der Waals surface area contributed by atoms with Crippen molar-refractivity contribution in [2.75, 3.05) is 13.1 Å². The normalized spacial score (nSPS) is 27.2. The summed E-state index contributed by atoms with van der Waals surface area (Å²) in [6.45, 7) is 4.73. The Labute approximate surface area is 93.0 Å². The number of halogens is 3. The summed E-state index contributed by atoms with van der Waals surface area (Å²) in [7, 11) is 0. The lowest BCUT2D eigenvalue weighted by Crippen LogP contribution is -2.59. The van der Waals surface area contributed by atoms with E-state index in [1.807, 2.05) is 20.8 Å². The lowest BCUT2D eigenvalue weighted by atomic mass is 9.90. The second kappa shape index (κ2) is 4.51. The van der Waals surface area contributed by atoms with E-state index in [-0.39, 0.29) is 24.4 Å². The van der Waals surface area contributed by atoms with Crippen LogP contribution in [0.25, 0.3) is 0 Å². The average Bonchev–Trinajstić information content (AvgIpc) is 2.07. The molecule has 2 unspecified atom stereocenters. The van der Waals surface area contributed by atoms with Gasteiger partial charge in [-0.15, -0.1) is 0 Å². The van der Waals surface area contributed by atoms with E-state index in [1.54, 1.807) is 0 Å². The van der Waals surface area contributed by atoms with Gasteiger partial charge in [-0.25, -0.2) is 4.79 Å². The number of urea groups is 1. The zero-order valence-corrected chi connectivity index (χ0v) is 9.64. The van der Waals surface area contributed by atoms with E-state index in [1.165, 1.54) is 0 Å². The molecule has 2 amide bonds. The van der Waals surface area contributed by atoms with Crippen LogP contribution in [0.5, 0.6) is 0 Å². The Morgan fingerprint density at radius 1 is 1.50 bits per heavy atom. The van der Waals surface area contributed by atoms with Crippen molar-refractivity contribution in [1.82, 2.24) is 10.2 Å². The van der Waals surface area contributed by atoms with Crippen LogP contribution in [0.1, 0.15) is 20.8 Å². The van der Waals surface area contributed by atoms with Gasteiger partial charge < -0.3 is 10.2 Å². The van der Waals surface area contributed by atoms with Gasteiger partial charge in [0.2, 0.25) is 0 Å². The minimum Gasteiger partial charge on any atom is -0.335 e. The molecule has 94 valence electrons. The molecular formula is C10H17F3N2O. The third-order valence-corrected chi connectivity index (χ3v) is 2.79. The Morgan fingerprint density at radius 3 is 2.50 bits per heavy atom. The van der Waals surface area contributed by atoms with Crippen LogP contribution >= 0.6 is 0 Å². The quantitative estimate of drug-likeness (QED) is 0.786. The zero-order chi connectivity index (χ0) is 12.5. The van der Waals surface area contributed by atoms with Crippen LogP contribution in [0.4, 0.5) is 18.0 Å². The molecule has 1 rings (SSSR count). The van der Waals surface area contributed by atoms with Gasteiger partial charge in [0.25, 0.3) is 0 Å². The Bertz CT molecular complexity index is 265. The van der Waals surface area contributed by atoms with E-state index in [4.69, 9.17) is 0 Å². The molecule has 0 bridgehead atoms. The van der Waals surface area contributed by atoms with Gasteiger partial charge in [0, 0.05) is 12.6 Å². The van der Waals surface area contributed by atoms with Crippen LogP contribution in [0.3, 0.4) is 0 Å². The van der Waals surface area contributed by atoms with Crippen LogP contribution in [-0.4, -0.2) is 36.2 Å². The Morgan fingerprint density at radius 2 is 2.06 bits per heavy atom. The predicted molar refractivity (Wildman–Crippen MR) is 53.9 cm³/mol. The average molecular weight is 238 g/mol. The molecule has 1 fully saturated rings. The van der Waals surface area contributed by atoms with Gasteiger partial charge in [-0.05, 0) is 11.8 Å². The number of alkyl halides is 3. The molecule has 0 aromatic rings. The van der Waals surface area contributed by atoms with Crippen molar-refractivity contribution in [3.8, 4) is 0 Å². The fraction of sp³-hybridized carbons (Fsp3) is 0.900. The molecule has 6 heteroatoms. The zero-order valence-electron chi connectivity index (χ0n) is 9.64. The SMILES string of the molecule is CC(C)C1NC(=O)N(CC(F)(F)F)CC1C. The number of nitrogens with zero attached hydrogens (tertiary/aromatic N) is 1. The van der Waals surface area contributed by atoms with E-state index < -0.39 is 18.8 Å². The van der Waals surface area contributed by atoms with Gasteiger partial charge in [0.05, 0.1) is 0 Å². The fourth-order valence-corrected chi connectivity index (χ4v) is 2.10. The summed E-state index contributed by atoms with van der Waals surface area (Å²) in [5, 5.41) is 2.63. The second-order valence-electron chi connectivity index (χ2n) is 4.69. The number of carbonyl (C=O) groups is 1. The van der Waals surface area contributed by atoms with Gasteiger partial charge in [0.15, 0.2) is 0 Å². The fourth-order valence-electron chi connectivity index (χ4n) is 2.10. The monoisotopic (exact) mass is 238 g/mol. The Hall–Kier alpha value is -0.940. The lowest BCUT2D eigenvalue weighted by molar-refractivity contribution is -0.142. The number of rotatable bonds is 2. The highest BCUT2D eigenvalue weighted by molar-refractivity contribution is 5.75. The van der Waals surface area contributed by atoms with E-state index in [0.717, 1.165) is 4.90 Å². The predicted octanol–water partition coefficient (Wildman–Crippen LogP) is 2.23. The first-order valence-electron chi connectivity index (χ1n) is 5.33. The summed E-state index contributed by atoms with van der Waals surface area (Å²) in [5.74, 6) is 0.257. The molecule has 1 aliphatic heterocycles. The molecule has 2 atom stereocenters. The van der Waals surface area contributed by atoms with Crippen LogP contribution < -0.4 is 5.32 Å². The summed E-state index contributed by atoms with van der Waals surface area (Å²) in [6, 6.07) is -0.661. The van der Waals surface area contributed by atoms with Crippen molar-refractivity contribution in [2.45, 2.75) is 33.0 Å². The summed E-state index contributed by atoms with van der Waals surface area (Å²) in [4.78, 5) is 12.3. The van der Waals surface area contributed by atoms with Crippen molar-refractivity contribution in [3.63, 3.8) is 0 Å². The largest absolute Gasteiger partial charge is 0.406 e. The van der Waals surface area contributed by atoms with Gasteiger partial charge in [-0.2, -0.15) is 13.2 Å². The van der Waals surface area contributed by atoms with Gasteiger partial charge in [0.1, 0.15) is 6.54 Å². The van der Waals surface area contributed by atoms with Crippen LogP contribution in [0.2, 0.25) is 0 Å². The molecule has 0 aliphatic carbocycles. The first kappa shape index (κ1) is 13.1. The number of nitrogens with one attached hydrogen (secondary N) is 1. The van der Waals surface area contributed by atoms with Crippen molar-refractivity contribution < 1.29 is 18.0 Å². The topological polar surface area (TPSA) is 32.3 Å². The van der Waals surface area contributed by atoms with E-state index in [2.05, 4.69) is 5.32 Å². The molecule has 0 aromatic heterocycles. The van der Waals surface area contributed by atoms with E-state index in [0.29, 0.717) is 0 Å². The first-order valence-corrected chi connectivity index (χ1v) is 5.33. The smallest absolute Gasteiger partial charge is 0.335 e. The minimum atomic E-state index is -4.33. The molecule has 3 nitrogen and oxygen atoms in total. The Kier molecular flexibility index (Phi) is 3.70. The molecule has 1 saturated heterocycles. The summed E-state index contributed by atoms with van der Waals surface area (Å²) in [5.41, 5.74) is 0. The molecule has 1 heterocycles.